The number of halogens is 1. The minimum atomic E-state index is -0.362. The molecule has 30 heavy (non-hydrogen) atoms. The number of aliphatic hydroxyl groups is 1. The SMILES string of the molecule is O=C1CN(CCC(C(=O)/C=C/c2cccc(Cl)c2)N2CCC3(CC3)[C@H](O)C2)CCN1. The van der Waals surface area contributed by atoms with Crippen LogP contribution in [0.4, 0.5) is 0 Å². The van der Waals surface area contributed by atoms with Crippen LogP contribution in [0.5, 0.6) is 0 Å². The third-order valence-electron chi connectivity index (χ3n) is 6.80. The molecule has 6 nitrogen and oxygen atoms in total. The number of amides is 1. The first-order valence-electron chi connectivity index (χ1n) is 10.8. The van der Waals surface area contributed by atoms with E-state index in [1.807, 2.05) is 18.2 Å². The number of likely N-dealkylation sites (tertiary alicyclic amines) is 1. The van der Waals surface area contributed by atoms with Gasteiger partial charge in [0.05, 0.1) is 18.7 Å². The van der Waals surface area contributed by atoms with Gasteiger partial charge < -0.3 is 10.4 Å². The van der Waals surface area contributed by atoms with E-state index >= 15 is 0 Å². The Morgan fingerprint density at radius 1 is 1.33 bits per heavy atom. The van der Waals surface area contributed by atoms with Gasteiger partial charge in [0.25, 0.3) is 0 Å². The Kier molecular flexibility index (Phi) is 6.58. The zero-order valence-electron chi connectivity index (χ0n) is 17.2. The monoisotopic (exact) mass is 431 g/mol. The summed E-state index contributed by atoms with van der Waals surface area (Å²) in [5.74, 6) is 0.0735. The van der Waals surface area contributed by atoms with Gasteiger partial charge in [-0.15, -0.1) is 0 Å². The molecule has 1 aromatic carbocycles. The Morgan fingerprint density at radius 2 is 2.17 bits per heavy atom. The van der Waals surface area contributed by atoms with E-state index in [-0.39, 0.29) is 29.3 Å². The number of carbonyl (C=O) groups is 2. The quantitative estimate of drug-likeness (QED) is 0.646. The molecular weight excluding hydrogens is 402 g/mol. The van der Waals surface area contributed by atoms with Crippen molar-refractivity contribution in [3.63, 3.8) is 0 Å². The van der Waals surface area contributed by atoms with Gasteiger partial charge in [-0.25, -0.2) is 0 Å². The molecule has 2 heterocycles. The summed E-state index contributed by atoms with van der Waals surface area (Å²) in [6.45, 7) is 3.90. The van der Waals surface area contributed by atoms with Crippen LogP contribution in [-0.2, 0) is 9.59 Å². The first-order chi connectivity index (χ1) is 14.4. The van der Waals surface area contributed by atoms with Crippen molar-refractivity contribution < 1.29 is 14.7 Å². The average molecular weight is 432 g/mol. The number of hydrogen-bond donors (Lipinski definition) is 2. The summed E-state index contributed by atoms with van der Waals surface area (Å²) in [5.41, 5.74) is 0.990. The number of rotatable bonds is 7. The molecule has 1 amide bonds. The van der Waals surface area contributed by atoms with Crippen LogP contribution in [-0.4, -0.2) is 78.0 Å². The van der Waals surface area contributed by atoms with Crippen LogP contribution in [0.1, 0.15) is 31.2 Å². The largest absolute Gasteiger partial charge is 0.391 e. The third-order valence-corrected chi connectivity index (χ3v) is 7.03. The minimum Gasteiger partial charge on any atom is -0.391 e. The van der Waals surface area contributed by atoms with Gasteiger partial charge in [-0.3, -0.25) is 19.4 Å². The molecular formula is C23H30ClN3O3. The molecule has 2 aliphatic heterocycles. The molecule has 0 aromatic heterocycles. The van der Waals surface area contributed by atoms with Gasteiger partial charge in [0.1, 0.15) is 0 Å². The summed E-state index contributed by atoms with van der Waals surface area (Å²) in [6, 6.07) is 7.12. The highest BCUT2D eigenvalue weighted by atomic mass is 35.5. The van der Waals surface area contributed by atoms with E-state index in [4.69, 9.17) is 11.6 Å². The van der Waals surface area contributed by atoms with Crippen molar-refractivity contribution in [1.29, 1.82) is 0 Å². The number of carbonyl (C=O) groups excluding carboxylic acids is 2. The van der Waals surface area contributed by atoms with E-state index in [2.05, 4.69) is 15.1 Å². The van der Waals surface area contributed by atoms with Crippen LogP contribution in [0, 0.1) is 5.41 Å². The molecule has 2 atom stereocenters. The highest BCUT2D eigenvalue weighted by Crippen LogP contribution is 2.53. The first-order valence-corrected chi connectivity index (χ1v) is 11.2. The number of nitrogens with zero attached hydrogens (tertiary/aromatic N) is 2. The van der Waals surface area contributed by atoms with Gasteiger partial charge in [0.15, 0.2) is 5.78 Å². The Labute approximate surface area is 182 Å². The van der Waals surface area contributed by atoms with Crippen LogP contribution in [0.3, 0.4) is 0 Å². The number of β-amino-alcohol motifs (C(OH)–C–C–N with tert-alkyl or cyclic N) is 1. The maximum Gasteiger partial charge on any atom is 0.234 e. The summed E-state index contributed by atoms with van der Waals surface area (Å²) in [5, 5.41) is 14.1. The molecule has 4 rings (SSSR count). The molecule has 3 fully saturated rings. The molecule has 2 saturated heterocycles. The predicted octanol–water partition coefficient (Wildman–Crippen LogP) is 1.96. The average Bonchev–Trinajstić information content (AvgIpc) is 3.50. The van der Waals surface area contributed by atoms with E-state index in [9.17, 15) is 14.7 Å². The van der Waals surface area contributed by atoms with Gasteiger partial charge in [-0.2, -0.15) is 0 Å². The lowest BCUT2D eigenvalue weighted by molar-refractivity contribution is -0.124. The van der Waals surface area contributed by atoms with E-state index in [1.165, 1.54) is 0 Å². The normalized spacial score (nSPS) is 25.4. The number of ketones is 1. The van der Waals surface area contributed by atoms with E-state index in [0.717, 1.165) is 37.9 Å². The molecule has 1 saturated carbocycles. The summed E-state index contributed by atoms with van der Waals surface area (Å²) >= 11 is 6.05. The fourth-order valence-corrected chi connectivity index (χ4v) is 4.86. The minimum absolute atomic E-state index is 0.0362. The maximum absolute atomic E-state index is 13.2. The predicted molar refractivity (Wildman–Crippen MR) is 117 cm³/mol. The molecule has 1 aliphatic carbocycles. The second-order valence-electron chi connectivity index (χ2n) is 8.84. The standard InChI is InChI=1S/C23H30ClN3O3/c24-18-3-1-2-17(14-18)4-5-20(28)19(6-11-26-13-10-25-22(30)16-26)27-12-9-23(7-8-23)21(29)15-27/h1-5,14,19,21,29H,6-13,15-16H2,(H,25,30)/b5-4+/t19?,21-/m1/s1. The number of piperidine rings is 1. The van der Waals surface area contributed by atoms with Crippen LogP contribution < -0.4 is 5.32 Å². The van der Waals surface area contributed by atoms with Crippen molar-refractivity contribution in [3.05, 3.63) is 40.9 Å². The summed E-state index contributed by atoms with van der Waals surface area (Å²) < 4.78 is 0. The molecule has 162 valence electrons. The molecule has 0 bridgehead atoms. The fourth-order valence-electron chi connectivity index (χ4n) is 4.66. The van der Waals surface area contributed by atoms with Crippen molar-refractivity contribution in [2.45, 2.75) is 37.8 Å². The van der Waals surface area contributed by atoms with E-state index in [1.54, 1.807) is 18.2 Å². The molecule has 3 aliphatic rings. The lowest BCUT2D eigenvalue weighted by Gasteiger charge is -2.40. The maximum atomic E-state index is 13.2. The van der Waals surface area contributed by atoms with Gasteiger partial charge in [-0.05, 0) is 61.4 Å². The molecule has 1 aromatic rings. The molecule has 1 unspecified atom stereocenters. The fraction of sp³-hybridized carbons (Fsp3) is 0.565. The van der Waals surface area contributed by atoms with Crippen LogP contribution >= 0.6 is 11.6 Å². The summed E-state index contributed by atoms with van der Waals surface area (Å²) in [4.78, 5) is 29.1. The Morgan fingerprint density at radius 3 is 2.87 bits per heavy atom. The number of nitrogens with one attached hydrogen (secondary N) is 1. The van der Waals surface area contributed by atoms with Crippen molar-refractivity contribution >= 4 is 29.4 Å². The second-order valence-corrected chi connectivity index (χ2v) is 9.28. The smallest absolute Gasteiger partial charge is 0.234 e. The van der Waals surface area contributed by atoms with Gasteiger partial charge in [0, 0.05) is 31.2 Å². The molecule has 0 radical (unpaired) electrons. The van der Waals surface area contributed by atoms with Crippen molar-refractivity contribution in [2.75, 3.05) is 39.3 Å². The van der Waals surface area contributed by atoms with Crippen molar-refractivity contribution in [3.8, 4) is 0 Å². The Hall–Kier alpha value is -1.73. The van der Waals surface area contributed by atoms with Crippen molar-refractivity contribution in [2.24, 2.45) is 5.41 Å². The number of hydrogen-bond acceptors (Lipinski definition) is 5. The Balaban J connectivity index is 1.44. The van der Waals surface area contributed by atoms with Gasteiger partial charge in [0.2, 0.25) is 5.91 Å². The zero-order valence-corrected chi connectivity index (χ0v) is 18.0. The highest BCUT2D eigenvalue weighted by Gasteiger charge is 2.52. The van der Waals surface area contributed by atoms with Gasteiger partial charge >= 0.3 is 0 Å². The zero-order chi connectivity index (χ0) is 21.1. The summed E-state index contributed by atoms with van der Waals surface area (Å²) in [7, 11) is 0. The Bertz CT molecular complexity index is 824. The van der Waals surface area contributed by atoms with Crippen LogP contribution in [0.15, 0.2) is 30.3 Å². The second kappa shape index (κ2) is 9.18. The lowest BCUT2D eigenvalue weighted by Crippen LogP contribution is -2.53. The van der Waals surface area contributed by atoms with Crippen LogP contribution in [0.25, 0.3) is 6.08 Å². The van der Waals surface area contributed by atoms with Crippen LogP contribution in [0.2, 0.25) is 5.02 Å². The summed E-state index contributed by atoms with van der Waals surface area (Å²) in [6.07, 6.45) is 6.86. The number of piperazine rings is 1. The number of aliphatic hydroxyl groups excluding tert-OH is 1. The van der Waals surface area contributed by atoms with Crippen molar-refractivity contribution in [1.82, 2.24) is 15.1 Å². The molecule has 2 N–H and O–H groups in total. The first kappa shape index (κ1) is 21.5. The topological polar surface area (TPSA) is 72.9 Å². The molecule has 7 heteroatoms. The van der Waals surface area contributed by atoms with E-state index < -0.39 is 0 Å². The number of benzene rings is 1. The van der Waals surface area contributed by atoms with E-state index in [0.29, 0.717) is 37.6 Å². The highest BCUT2D eigenvalue weighted by molar-refractivity contribution is 6.30. The third kappa shape index (κ3) is 5.11. The molecule has 1 spiro atoms. The lowest BCUT2D eigenvalue weighted by atomic mass is 9.89. The van der Waals surface area contributed by atoms with Gasteiger partial charge in [-0.1, -0.05) is 29.8 Å².